The van der Waals surface area contributed by atoms with Gasteiger partial charge in [-0.3, -0.25) is 4.79 Å². The third kappa shape index (κ3) is 6.70. The molecule has 0 saturated carbocycles. The molecule has 0 fully saturated rings. The molecule has 24 heavy (non-hydrogen) atoms. The summed E-state index contributed by atoms with van der Waals surface area (Å²) < 4.78 is 0. The number of nitrogens with one attached hydrogen (secondary N) is 2. The monoisotopic (exact) mass is 384 g/mol. The average Bonchev–Trinajstić information content (AvgIpc) is 2.54. The molecule has 0 aromatic heterocycles. The second kappa shape index (κ2) is 9.90. The van der Waals surface area contributed by atoms with Crippen LogP contribution in [0.4, 0.5) is 0 Å². The van der Waals surface area contributed by atoms with E-state index in [9.17, 15) is 4.79 Å². The molecule has 1 amide bonds. The molecule has 2 aromatic carbocycles. The molecule has 0 radical (unpaired) electrons. The SMILES string of the molecule is O=C(CNCCc1cccc(Cl)c1)NCCc1ccc(Cl)cc1Cl. The highest BCUT2D eigenvalue weighted by atomic mass is 35.5. The Hall–Kier alpha value is -1.26. The Kier molecular flexibility index (Phi) is 7.86. The zero-order valence-corrected chi connectivity index (χ0v) is 15.4. The van der Waals surface area contributed by atoms with Gasteiger partial charge in [-0.2, -0.15) is 0 Å². The molecule has 0 aliphatic heterocycles. The summed E-state index contributed by atoms with van der Waals surface area (Å²) in [6.45, 7) is 1.54. The summed E-state index contributed by atoms with van der Waals surface area (Å²) in [6.07, 6.45) is 1.50. The Labute approximate surface area is 157 Å². The number of benzene rings is 2. The molecule has 6 heteroatoms. The molecule has 0 spiro atoms. The molecule has 2 N–H and O–H groups in total. The topological polar surface area (TPSA) is 41.1 Å². The lowest BCUT2D eigenvalue weighted by Gasteiger charge is -2.08. The third-order valence-corrected chi connectivity index (χ3v) is 4.32. The second-order valence-corrected chi connectivity index (χ2v) is 6.67. The first kappa shape index (κ1) is 19.1. The number of halogens is 3. The van der Waals surface area contributed by atoms with E-state index in [1.54, 1.807) is 12.1 Å². The smallest absolute Gasteiger partial charge is 0.233 e. The van der Waals surface area contributed by atoms with Crippen LogP contribution in [0.15, 0.2) is 42.5 Å². The number of carbonyl (C=O) groups excluding carboxylic acids is 1. The van der Waals surface area contributed by atoms with Crippen molar-refractivity contribution in [2.75, 3.05) is 19.6 Å². The van der Waals surface area contributed by atoms with Crippen LogP contribution in [-0.4, -0.2) is 25.5 Å². The molecule has 0 aliphatic rings. The number of amides is 1. The van der Waals surface area contributed by atoms with Crippen LogP contribution in [-0.2, 0) is 17.6 Å². The molecule has 0 saturated heterocycles. The fourth-order valence-corrected chi connectivity index (χ4v) is 2.97. The number of rotatable bonds is 8. The zero-order chi connectivity index (χ0) is 17.4. The van der Waals surface area contributed by atoms with Crippen LogP contribution in [0.3, 0.4) is 0 Å². The van der Waals surface area contributed by atoms with Gasteiger partial charge in [-0.05, 0) is 54.8 Å². The summed E-state index contributed by atoms with van der Waals surface area (Å²) in [7, 11) is 0. The molecule has 0 heterocycles. The van der Waals surface area contributed by atoms with Gasteiger partial charge in [0.25, 0.3) is 0 Å². The van der Waals surface area contributed by atoms with E-state index in [4.69, 9.17) is 34.8 Å². The summed E-state index contributed by atoms with van der Waals surface area (Å²) >= 11 is 17.9. The van der Waals surface area contributed by atoms with Crippen LogP contribution in [0.25, 0.3) is 0 Å². The van der Waals surface area contributed by atoms with Gasteiger partial charge in [0, 0.05) is 21.6 Å². The molecule has 128 valence electrons. The highest BCUT2D eigenvalue weighted by Gasteiger charge is 2.04. The summed E-state index contributed by atoms with van der Waals surface area (Å²) in [5, 5.41) is 7.95. The van der Waals surface area contributed by atoms with Crippen molar-refractivity contribution in [3.8, 4) is 0 Å². The average molecular weight is 386 g/mol. The number of carbonyl (C=O) groups is 1. The van der Waals surface area contributed by atoms with Crippen molar-refractivity contribution < 1.29 is 4.79 Å². The summed E-state index contributed by atoms with van der Waals surface area (Å²) in [4.78, 5) is 11.8. The zero-order valence-electron chi connectivity index (χ0n) is 13.1. The van der Waals surface area contributed by atoms with Gasteiger partial charge < -0.3 is 10.6 Å². The van der Waals surface area contributed by atoms with E-state index in [1.165, 1.54) is 0 Å². The van der Waals surface area contributed by atoms with Crippen LogP contribution in [0.2, 0.25) is 15.1 Å². The Morgan fingerprint density at radius 3 is 2.46 bits per heavy atom. The van der Waals surface area contributed by atoms with Gasteiger partial charge >= 0.3 is 0 Å². The molecular weight excluding hydrogens is 367 g/mol. The second-order valence-electron chi connectivity index (χ2n) is 5.39. The van der Waals surface area contributed by atoms with E-state index in [0.717, 1.165) is 29.1 Å². The van der Waals surface area contributed by atoms with E-state index >= 15 is 0 Å². The molecule has 0 bridgehead atoms. The molecule has 3 nitrogen and oxygen atoms in total. The normalized spacial score (nSPS) is 10.6. The fourth-order valence-electron chi connectivity index (χ4n) is 2.25. The Bertz CT molecular complexity index is 692. The first-order chi connectivity index (χ1) is 11.5. The summed E-state index contributed by atoms with van der Waals surface area (Å²) in [6, 6.07) is 13.1. The van der Waals surface area contributed by atoms with Gasteiger partial charge in [0.05, 0.1) is 6.54 Å². The number of hydrogen-bond acceptors (Lipinski definition) is 2. The predicted molar refractivity (Wildman–Crippen MR) is 101 cm³/mol. The summed E-state index contributed by atoms with van der Waals surface area (Å²) in [5.41, 5.74) is 2.11. The maximum atomic E-state index is 11.8. The standard InChI is InChI=1S/C18H19Cl3N2O/c19-15-3-1-2-13(10-15)6-8-22-12-18(24)23-9-7-14-4-5-16(20)11-17(14)21/h1-5,10-11,22H,6-9,12H2,(H,23,24). The van der Waals surface area contributed by atoms with Gasteiger partial charge in [0.15, 0.2) is 0 Å². The maximum absolute atomic E-state index is 11.8. The molecule has 2 rings (SSSR count). The lowest BCUT2D eigenvalue weighted by Crippen LogP contribution is -2.35. The predicted octanol–water partition coefficient (Wildman–Crippen LogP) is 4.14. The quantitative estimate of drug-likeness (QED) is 0.671. The van der Waals surface area contributed by atoms with Gasteiger partial charge in [-0.1, -0.05) is 53.0 Å². The van der Waals surface area contributed by atoms with Gasteiger partial charge in [-0.25, -0.2) is 0 Å². The van der Waals surface area contributed by atoms with Gasteiger partial charge in [0.2, 0.25) is 5.91 Å². The minimum absolute atomic E-state index is 0.0359. The van der Waals surface area contributed by atoms with E-state index < -0.39 is 0 Å². The molecule has 2 aromatic rings. The highest BCUT2D eigenvalue weighted by molar-refractivity contribution is 6.35. The maximum Gasteiger partial charge on any atom is 0.233 e. The van der Waals surface area contributed by atoms with Crippen molar-refractivity contribution in [3.63, 3.8) is 0 Å². The Balaban J connectivity index is 1.61. The molecule has 0 unspecified atom stereocenters. The molecule has 0 aliphatic carbocycles. The molecule has 0 atom stereocenters. The van der Waals surface area contributed by atoms with Crippen molar-refractivity contribution in [1.29, 1.82) is 0 Å². The van der Waals surface area contributed by atoms with Crippen molar-refractivity contribution in [2.45, 2.75) is 12.8 Å². The lowest BCUT2D eigenvalue weighted by atomic mass is 10.1. The minimum Gasteiger partial charge on any atom is -0.355 e. The van der Waals surface area contributed by atoms with Gasteiger partial charge in [0.1, 0.15) is 0 Å². The van der Waals surface area contributed by atoms with Gasteiger partial charge in [-0.15, -0.1) is 0 Å². The minimum atomic E-state index is -0.0359. The Morgan fingerprint density at radius 2 is 1.71 bits per heavy atom. The first-order valence-corrected chi connectivity index (χ1v) is 8.84. The summed E-state index contributed by atoms with van der Waals surface area (Å²) in [5.74, 6) is -0.0359. The van der Waals surface area contributed by atoms with Crippen molar-refractivity contribution in [3.05, 3.63) is 68.7 Å². The van der Waals surface area contributed by atoms with Crippen LogP contribution in [0.5, 0.6) is 0 Å². The third-order valence-electron chi connectivity index (χ3n) is 3.50. The largest absolute Gasteiger partial charge is 0.355 e. The fraction of sp³-hybridized carbons (Fsp3) is 0.278. The van der Waals surface area contributed by atoms with Crippen molar-refractivity contribution in [1.82, 2.24) is 10.6 Å². The first-order valence-electron chi connectivity index (χ1n) is 7.70. The van der Waals surface area contributed by atoms with E-state index in [2.05, 4.69) is 10.6 Å². The highest BCUT2D eigenvalue weighted by Crippen LogP contribution is 2.21. The van der Waals surface area contributed by atoms with E-state index in [1.807, 2.05) is 30.3 Å². The van der Waals surface area contributed by atoms with E-state index in [-0.39, 0.29) is 12.5 Å². The van der Waals surface area contributed by atoms with Crippen LogP contribution in [0.1, 0.15) is 11.1 Å². The van der Waals surface area contributed by atoms with Crippen molar-refractivity contribution >= 4 is 40.7 Å². The Morgan fingerprint density at radius 1 is 0.917 bits per heavy atom. The molecular formula is C18H19Cl3N2O. The van der Waals surface area contributed by atoms with Crippen LogP contribution >= 0.6 is 34.8 Å². The van der Waals surface area contributed by atoms with Crippen LogP contribution < -0.4 is 10.6 Å². The van der Waals surface area contributed by atoms with Crippen molar-refractivity contribution in [2.24, 2.45) is 0 Å². The lowest BCUT2D eigenvalue weighted by molar-refractivity contribution is -0.120. The van der Waals surface area contributed by atoms with E-state index in [0.29, 0.717) is 23.0 Å². The number of hydrogen-bond donors (Lipinski definition) is 2. The van der Waals surface area contributed by atoms with Crippen LogP contribution in [0, 0.1) is 0 Å².